The van der Waals surface area contributed by atoms with Gasteiger partial charge in [0.25, 0.3) is 5.91 Å². The van der Waals surface area contributed by atoms with Crippen molar-refractivity contribution in [3.8, 4) is 5.75 Å². The number of fused-ring (bicyclic) bond motifs is 1. The van der Waals surface area contributed by atoms with E-state index < -0.39 is 23.3 Å². The predicted molar refractivity (Wildman–Crippen MR) is 101 cm³/mol. The number of amides is 1. The molecule has 0 unspecified atom stereocenters. The largest absolute Gasteiger partial charge is 0.503 e. The second-order valence-electron chi connectivity index (χ2n) is 7.34. The molecule has 1 amide bonds. The van der Waals surface area contributed by atoms with Gasteiger partial charge in [0.2, 0.25) is 0 Å². The van der Waals surface area contributed by atoms with Crippen LogP contribution in [0.25, 0.3) is 10.9 Å². The highest BCUT2D eigenvalue weighted by Crippen LogP contribution is 2.32. The molecule has 0 saturated heterocycles. The molecule has 1 aromatic heterocycles. The molecule has 0 spiro atoms. The van der Waals surface area contributed by atoms with Gasteiger partial charge in [-0.3, -0.25) is 9.48 Å². The number of carbonyl (C=O) groups excluding carboxylic acids is 1. The summed E-state index contributed by atoms with van der Waals surface area (Å²) in [6, 6.07) is 10.1. The van der Waals surface area contributed by atoms with Crippen molar-refractivity contribution in [1.29, 1.82) is 0 Å². The Labute approximate surface area is 161 Å². The van der Waals surface area contributed by atoms with Gasteiger partial charge in [-0.05, 0) is 49.8 Å². The monoisotopic (exact) mass is 385 g/mol. The summed E-state index contributed by atoms with van der Waals surface area (Å²) in [6.07, 6.45) is 5.91. The van der Waals surface area contributed by atoms with Gasteiger partial charge in [-0.15, -0.1) is 0 Å². The minimum Gasteiger partial charge on any atom is -0.503 e. The zero-order valence-electron chi connectivity index (χ0n) is 15.2. The Morgan fingerprint density at radius 3 is 2.50 bits per heavy atom. The van der Waals surface area contributed by atoms with Crippen LogP contribution in [0.1, 0.15) is 42.1 Å². The molecule has 3 aromatic rings. The third kappa shape index (κ3) is 3.69. The van der Waals surface area contributed by atoms with Crippen molar-refractivity contribution < 1.29 is 18.7 Å². The van der Waals surface area contributed by atoms with E-state index in [4.69, 9.17) is 5.11 Å². The van der Waals surface area contributed by atoms with Gasteiger partial charge in [-0.1, -0.05) is 18.2 Å². The predicted octanol–water partition coefficient (Wildman–Crippen LogP) is 4.18. The van der Waals surface area contributed by atoms with Gasteiger partial charge in [0.1, 0.15) is 0 Å². The van der Waals surface area contributed by atoms with Gasteiger partial charge < -0.3 is 10.4 Å². The molecule has 5 nitrogen and oxygen atoms in total. The van der Waals surface area contributed by atoms with Crippen LogP contribution in [-0.2, 0) is 0 Å². The average Bonchev–Trinajstić information content (AvgIpc) is 3.14. The van der Waals surface area contributed by atoms with Crippen LogP contribution in [0.5, 0.6) is 5.75 Å². The maximum absolute atomic E-state index is 13.4. The minimum absolute atomic E-state index is 0.135. The molecule has 0 radical (unpaired) electrons. The van der Waals surface area contributed by atoms with E-state index in [1.807, 2.05) is 22.9 Å². The fourth-order valence-electron chi connectivity index (χ4n) is 3.82. The zero-order chi connectivity index (χ0) is 19.7. The van der Waals surface area contributed by atoms with E-state index in [0.29, 0.717) is 18.5 Å². The number of nitrogens with zero attached hydrogens (tertiary/aromatic N) is 2. The van der Waals surface area contributed by atoms with E-state index in [0.717, 1.165) is 48.7 Å². The van der Waals surface area contributed by atoms with Crippen LogP contribution in [0.15, 0.2) is 42.6 Å². The highest BCUT2D eigenvalue weighted by Gasteiger charge is 2.24. The molecule has 4 rings (SSSR count). The first-order chi connectivity index (χ1) is 13.5. The first kappa shape index (κ1) is 18.4. The van der Waals surface area contributed by atoms with Crippen molar-refractivity contribution >= 4 is 16.8 Å². The van der Waals surface area contributed by atoms with Gasteiger partial charge in [0.05, 0.1) is 11.6 Å². The van der Waals surface area contributed by atoms with Crippen molar-refractivity contribution in [2.45, 2.75) is 31.7 Å². The summed E-state index contributed by atoms with van der Waals surface area (Å²) in [7, 11) is 0. The maximum atomic E-state index is 13.4. The molecule has 1 heterocycles. The third-order valence-electron chi connectivity index (χ3n) is 5.45. The highest BCUT2D eigenvalue weighted by molar-refractivity contribution is 5.94. The van der Waals surface area contributed by atoms with E-state index >= 15 is 0 Å². The topological polar surface area (TPSA) is 67.2 Å². The SMILES string of the molecule is O=C(NCC1CCC(n2cc3ccccc3n2)CC1)c1cc(F)c(O)c(F)c1. The summed E-state index contributed by atoms with van der Waals surface area (Å²) in [5.74, 6) is -3.58. The van der Waals surface area contributed by atoms with Crippen LogP contribution in [0, 0.1) is 17.6 Å². The molecule has 0 bridgehead atoms. The van der Waals surface area contributed by atoms with Crippen LogP contribution in [0.3, 0.4) is 0 Å². The zero-order valence-corrected chi connectivity index (χ0v) is 15.2. The number of aromatic nitrogens is 2. The number of benzene rings is 2. The number of carbonyl (C=O) groups is 1. The second kappa shape index (κ2) is 7.58. The van der Waals surface area contributed by atoms with Crippen molar-refractivity contribution in [3.63, 3.8) is 0 Å². The average molecular weight is 385 g/mol. The Kier molecular flexibility index (Phi) is 4.98. The van der Waals surface area contributed by atoms with E-state index in [2.05, 4.69) is 22.7 Å². The van der Waals surface area contributed by atoms with Crippen molar-refractivity contribution in [2.75, 3.05) is 6.54 Å². The molecule has 7 heteroatoms. The van der Waals surface area contributed by atoms with Gasteiger partial charge in [-0.25, -0.2) is 8.78 Å². The molecule has 1 fully saturated rings. The summed E-state index contributed by atoms with van der Waals surface area (Å²) in [6.45, 7) is 0.455. The number of aromatic hydroxyl groups is 1. The third-order valence-corrected chi connectivity index (χ3v) is 5.45. The molecule has 146 valence electrons. The normalized spacial score (nSPS) is 19.6. The van der Waals surface area contributed by atoms with Crippen LogP contribution < -0.4 is 5.32 Å². The Morgan fingerprint density at radius 1 is 1.14 bits per heavy atom. The first-order valence-electron chi connectivity index (χ1n) is 9.41. The van der Waals surface area contributed by atoms with Gasteiger partial charge in [0.15, 0.2) is 17.4 Å². The van der Waals surface area contributed by atoms with E-state index in [1.54, 1.807) is 0 Å². The number of halogens is 2. The molecular weight excluding hydrogens is 364 g/mol. The van der Waals surface area contributed by atoms with Gasteiger partial charge in [-0.2, -0.15) is 5.10 Å². The van der Waals surface area contributed by atoms with Crippen molar-refractivity contribution in [3.05, 3.63) is 59.8 Å². The van der Waals surface area contributed by atoms with E-state index in [1.165, 1.54) is 0 Å². The van der Waals surface area contributed by atoms with Crippen LogP contribution in [-0.4, -0.2) is 27.3 Å². The van der Waals surface area contributed by atoms with E-state index in [-0.39, 0.29) is 5.56 Å². The fraction of sp³-hybridized carbons (Fsp3) is 0.333. The van der Waals surface area contributed by atoms with E-state index in [9.17, 15) is 13.6 Å². The second-order valence-corrected chi connectivity index (χ2v) is 7.34. The fourth-order valence-corrected chi connectivity index (χ4v) is 3.82. The lowest BCUT2D eigenvalue weighted by Gasteiger charge is -2.28. The summed E-state index contributed by atoms with van der Waals surface area (Å²) in [4.78, 5) is 12.1. The number of hydrogen-bond donors (Lipinski definition) is 2. The Hall–Kier alpha value is -2.96. The van der Waals surface area contributed by atoms with Gasteiger partial charge in [0, 0.05) is 23.7 Å². The number of rotatable bonds is 4. The van der Waals surface area contributed by atoms with Crippen LogP contribution in [0.4, 0.5) is 8.78 Å². The van der Waals surface area contributed by atoms with Crippen molar-refractivity contribution in [1.82, 2.24) is 15.1 Å². The lowest BCUT2D eigenvalue weighted by molar-refractivity contribution is 0.0940. The summed E-state index contributed by atoms with van der Waals surface area (Å²) in [5.41, 5.74) is 0.856. The minimum atomic E-state index is -1.14. The smallest absolute Gasteiger partial charge is 0.251 e. The quantitative estimate of drug-likeness (QED) is 0.708. The number of hydrogen-bond acceptors (Lipinski definition) is 3. The number of phenolic OH excluding ortho intramolecular Hbond substituents is 1. The molecule has 0 atom stereocenters. The molecule has 1 aliphatic rings. The lowest BCUT2D eigenvalue weighted by Crippen LogP contribution is -2.31. The Balaban J connectivity index is 1.31. The number of phenols is 1. The van der Waals surface area contributed by atoms with Gasteiger partial charge >= 0.3 is 0 Å². The Bertz CT molecular complexity index is 954. The number of nitrogens with one attached hydrogen (secondary N) is 1. The highest BCUT2D eigenvalue weighted by atomic mass is 19.1. The molecule has 1 saturated carbocycles. The molecule has 2 aromatic carbocycles. The first-order valence-corrected chi connectivity index (χ1v) is 9.41. The standard InChI is InChI=1S/C21H21F2N3O2/c22-17-9-15(10-18(23)20(17)27)21(28)24-11-13-5-7-16(8-6-13)26-12-14-3-1-2-4-19(14)25-26/h1-4,9-10,12-13,16,27H,5-8,11H2,(H,24,28). The summed E-state index contributed by atoms with van der Waals surface area (Å²) in [5, 5.41) is 17.6. The van der Waals surface area contributed by atoms with Crippen molar-refractivity contribution in [2.24, 2.45) is 5.92 Å². The van der Waals surface area contributed by atoms with Crippen LogP contribution in [0.2, 0.25) is 0 Å². The van der Waals surface area contributed by atoms with Crippen LogP contribution >= 0.6 is 0 Å². The molecule has 28 heavy (non-hydrogen) atoms. The maximum Gasteiger partial charge on any atom is 0.251 e. The lowest BCUT2D eigenvalue weighted by atomic mass is 9.86. The molecule has 0 aliphatic heterocycles. The molecule has 2 N–H and O–H groups in total. The summed E-state index contributed by atoms with van der Waals surface area (Å²) >= 11 is 0. The summed E-state index contributed by atoms with van der Waals surface area (Å²) < 4.78 is 28.8. The molecule has 1 aliphatic carbocycles. The molecular formula is C21H21F2N3O2. The Morgan fingerprint density at radius 2 is 1.82 bits per heavy atom.